The van der Waals surface area contributed by atoms with Gasteiger partial charge in [-0.2, -0.15) is 0 Å². The molecule has 3 heteroatoms. The Bertz CT molecular complexity index is 313. The maximum Gasteiger partial charge on any atom is 0.0218 e. The Kier molecular flexibility index (Phi) is 8.71. The quantitative estimate of drug-likeness (QED) is 0.629. The fourth-order valence-electron chi connectivity index (χ4n) is 1.25. The monoisotopic (exact) mass is 301 g/mol. The van der Waals surface area contributed by atoms with E-state index >= 15 is 0 Å². The number of rotatable bonds is 6. The molecule has 0 bridgehead atoms. The average molecular weight is 302 g/mol. The van der Waals surface area contributed by atoms with Crippen molar-refractivity contribution in [3.63, 3.8) is 0 Å². The number of benzene rings is 1. The van der Waals surface area contributed by atoms with Crippen LogP contribution in [0, 0.1) is 0 Å². The molecule has 0 radical (unpaired) electrons. The number of halogens is 1. The molecule has 0 heterocycles. The van der Waals surface area contributed by atoms with Gasteiger partial charge in [0.15, 0.2) is 0 Å². The third-order valence-corrected chi connectivity index (χ3v) is 3.14. The van der Waals surface area contributed by atoms with E-state index in [9.17, 15) is 0 Å². The van der Waals surface area contributed by atoms with Crippen molar-refractivity contribution in [3.05, 3.63) is 42.5 Å². The standard InChI is InChI=1S/C13H19NS.BrH/c1-4-9-15-13-8-6-5-7-12(13)10-14-11(2)3;/h4-8,11,14H,1,9-10H2,2-3H3;1H. The minimum Gasteiger partial charge on any atom is -0.310 e. The number of hydrogen-bond acceptors (Lipinski definition) is 2. The minimum absolute atomic E-state index is 0. The number of thioether (sulfide) groups is 1. The normalized spacial score (nSPS) is 9.94. The van der Waals surface area contributed by atoms with Crippen LogP contribution in [-0.2, 0) is 6.54 Å². The predicted octanol–water partition coefficient (Wildman–Crippen LogP) is 4.04. The largest absolute Gasteiger partial charge is 0.310 e. The Morgan fingerprint density at radius 1 is 1.38 bits per heavy atom. The average Bonchev–Trinajstić information content (AvgIpc) is 2.24. The molecule has 0 saturated carbocycles. The smallest absolute Gasteiger partial charge is 0.0218 e. The molecular weight excluding hydrogens is 282 g/mol. The van der Waals surface area contributed by atoms with E-state index in [2.05, 4.69) is 50.0 Å². The highest BCUT2D eigenvalue weighted by Crippen LogP contribution is 2.22. The van der Waals surface area contributed by atoms with Gasteiger partial charge in [0.05, 0.1) is 0 Å². The van der Waals surface area contributed by atoms with E-state index in [4.69, 9.17) is 0 Å². The van der Waals surface area contributed by atoms with Gasteiger partial charge >= 0.3 is 0 Å². The summed E-state index contributed by atoms with van der Waals surface area (Å²) < 4.78 is 0. The maximum atomic E-state index is 3.74. The van der Waals surface area contributed by atoms with Crippen molar-refractivity contribution >= 4 is 28.7 Å². The summed E-state index contributed by atoms with van der Waals surface area (Å²) in [6.45, 7) is 9.02. The van der Waals surface area contributed by atoms with Gasteiger partial charge in [-0.1, -0.05) is 38.1 Å². The van der Waals surface area contributed by atoms with Gasteiger partial charge < -0.3 is 5.32 Å². The first kappa shape index (κ1) is 15.8. The SMILES string of the molecule is Br.C=CCSc1ccccc1CNC(C)C. The van der Waals surface area contributed by atoms with E-state index in [0.29, 0.717) is 6.04 Å². The zero-order chi connectivity index (χ0) is 11.1. The predicted molar refractivity (Wildman–Crippen MR) is 79.7 cm³/mol. The molecular formula is C13H20BrNS. The van der Waals surface area contributed by atoms with Crippen molar-refractivity contribution in [1.82, 2.24) is 5.32 Å². The lowest BCUT2D eigenvalue weighted by molar-refractivity contribution is 0.585. The molecule has 1 nitrogen and oxygen atoms in total. The van der Waals surface area contributed by atoms with E-state index < -0.39 is 0 Å². The Morgan fingerprint density at radius 2 is 2.06 bits per heavy atom. The van der Waals surface area contributed by atoms with Crippen molar-refractivity contribution in [3.8, 4) is 0 Å². The van der Waals surface area contributed by atoms with E-state index in [-0.39, 0.29) is 17.0 Å². The van der Waals surface area contributed by atoms with Gasteiger partial charge in [-0.15, -0.1) is 35.3 Å². The molecule has 1 rings (SSSR count). The topological polar surface area (TPSA) is 12.0 Å². The summed E-state index contributed by atoms with van der Waals surface area (Å²) in [5.41, 5.74) is 1.37. The van der Waals surface area contributed by atoms with E-state index in [1.54, 1.807) is 0 Å². The van der Waals surface area contributed by atoms with Crippen molar-refractivity contribution in [2.24, 2.45) is 0 Å². The summed E-state index contributed by atoms with van der Waals surface area (Å²) in [7, 11) is 0. The molecule has 0 aliphatic carbocycles. The molecule has 0 aromatic heterocycles. The molecule has 0 spiro atoms. The summed E-state index contributed by atoms with van der Waals surface area (Å²) in [5.74, 6) is 0.971. The van der Waals surface area contributed by atoms with Gasteiger partial charge in [-0.05, 0) is 11.6 Å². The fourth-order valence-corrected chi connectivity index (χ4v) is 2.05. The molecule has 0 saturated heterocycles. The molecule has 0 unspecified atom stereocenters. The Hall–Kier alpha value is -0.250. The second-order valence-electron chi connectivity index (χ2n) is 3.74. The van der Waals surface area contributed by atoms with Crippen molar-refractivity contribution < 1.29 is 0 Å². The molecule has 0 fully saturated rings. The number of hydrogen-bond donors (Lipinski definition) is 1. The third kappa shape index (κ3) is 5.73. The van der Waals surface area contributed by atoms with Crippen LogP contribution in [0.25, 0.3) is 0 Å². The van der Waals surface area contributed by atoms with Gasteiger partial charge in [0, 0.05) is 23.2 Å². The molecule has 1 N–H and O–H groups in total. The minimum atomic E-state index is 0. The second-order valence-corrected chi connectivity index (χ2v) is 4.80. The summed E-state index contributed by atoms with van der Waals surface area (Å²) >= 11 is 1.84. The van der Waals surface area contributed by atoms with E-state index in [1.165, 1.54) is 10.5 Å². The van der Waals surface area contributed by atoms with Crippen LogP contribution in [-0.4, -0.2) is 11.8 Å². The molecule has 0 atom stereocenters. The molecule has 0 aliphatic rings. The summed E-state index contributed by atoms with van der Waals surface area (Å²) in [5, 5.41) is 3.44. The lowest BCUT2D eigenvalue weighted by atomic mass is 10.2. The Morgan fingerprint density at radius 3 is 2.69 bits per heavy atom. The van der Waals surface area contributed by atoms with Crippen LogP contribution >= 0.6 is 28.7 Å². The highest BCUT2D eigenvalue weighted by atomic mass is 79.9. The number of nitrogens with one attached hydrogen (secondary N) is 1. The summed E-state index contributed by atoms with van der Waals surface area (Å²) in [6.07, 6.45) is 1.94. The van der Waals surface area contributed by atoms with Crippen molar-refractivity contribution in [1.29, 1.82) is 0 Å². The lowest BCUT2D eigenvalue weighted by Crippen LogP contribution is -2.22. The second kappa shape index (κ2) is 8.85. The first-order valence-electron chi connectivity index (χ1n) is 5.29. The maximum absolute atomic E-state index is 3.74. The highest BCUT2D eigenvalue weighted by Gasteiger charge is 2.01. The van der Waals surface area contributed by atoms with Gasteiger partial charge in [0.1, 0.15) is 0 Å². The fraction of sp³-hybridized carbons (Fsp3) is 0.385. The zero-order valence-corrected chi connectivity index (χ0v) is 12.4. The van der Waals surface area contributed by atoms with Crippen LogP contribution in [0.2, 0.25) is 0 Å². The van der Waals surface area contributed by atoms with Crippen molar-refractivity contribution in [2.45, 2.75) is 31.3 Å². The summed E-state index contributed by atoms with van der Waals surface area (Å²) in [4.78, 5) is 1.35. The van der Waals surface area contributed by atoms with Crippen molar-refractivity contribution in [2.75, 3.05) is 5.75 Å². The molecule has 0 amide bonds. The first-order chi connectivity index (χ1) is 7.24. The highest BCUT2D eigenvalue weighted by molar-refractivity contribution is 8.93. The molecule has 1 aromatic carbocycles. The molecule has 0 aliphatic heterocycles. The van der Waals surface area contributed by atoms with Crippen LogP contribution in [0.3, 0.4) is 0 Å². The van der Waals surface area contributed by atoms with Crippen LogP contribution in [0.15, 0.2) is 41.8 Å². The Labute approximate surface area is 113 Å². The van der Waals surface area contributed by atoms with Gasteiger partial charge in [-0.3, -0.25) is 0 Å². The van der Waals surface area contributed by atoms with Crippen LogP contribution in [0.1, 0.15) is 19.4 Å². The van der Waals surface area contributed by atoms with Gasteiger partial charge in [0.2, 0.25) is 0 Å². The van der Waals surface area contributed by atoms with E-state index in [0.717, 1.165) is 12.3 Å². The first-order valence-corrected chi connectivity index (χ1v) is 6.27. The summed E-state index contributed by atoms with van der Waals surface area (Å²) in [6, 6.07) is 9.06. The lowest BCUT2D eigenvalue weighted by Gasteiger charge is -2.11. The van der Waals surface area contributed by atoms with E-state index in [1.807, 2.05) is 17.8 Å². The van der Waals surface area contributed by atoms with Gasteiger partial charge in [-0.25, -0.2) is 0 Å². The van der Waals surface area contributed by atoms with Crippen LogP contribution < -0.4 is 5.32 Å². The molecule has 16 heavy (non-hydrogen) atoms. The van der Waals surface area contributed by atoms with Gasteiger partial charge in [0.25, 0.3) is 0 Å². The third-order valence-electron chi connectivity index (χ3n) is 2.03. The molecule has 90 valence electrons. The zero-order valence-electron chi connectivity index (χ0n) is 9.90. The van der Waals surface area contributed by atoms with Crippen LogP contribution in [0.4, 0.5) is 0 Å². The molecule has 1 aromatic rings. The Balaban J connectivity index is 0.00000225. The van der Waals surface area contributed by atoms with Crippen LogP contribution in [0.5, 0.6) is 0 Å².